The smallest absolute Gasteiger partial charge is 0.346 e. The molecule has 2 heterocycles. The van der Waals surface area contributed by atoms with Crippen LogP contribution in [0.4, 0.5) is 0 Å². The molecule has 1 atom stereocenters. The van der Waals surface area contributed by atoms with Gasteiger partial charge >= 0.3 is 5.69 Å². The average Bonchev–Trinajstić information content (AvgIpc) is 2.62. The Kier molecular flexibility index (Phi) is 4.82. The van der Waals surface area contributed by atoms with Gasteiger partial charge in [0, 0.05) is 12.1 Å². The zero-order valence-electron chi connectivity index (χ0n) is 15.4. The first kappa shape index (κ1) is 18.1. The maximum atomic E-state index is 13.0. The Balaban J connectivity index is 1.96. The van der Waals surface area contributed by atoms with Crippen LogP contribution in [0.1, 0.15) is 31.3 Å². The number of hydrogen-bond donors (Lipinski definition) is 1. The van der Waals surface area contributed by atoms with Gasteiger partial charge in [0.25, 0.3) is 5.91 Å². The van der Waals surface area contributed by atoms with Crippen molar-refractivity contribution in [1.29, 1.82) is 0 Å². The van der Waals surface area contributed by atoms with Crippen LogP contribution in [-0.4, -0.2) is 52.7 Å². The van der Waals surface area contributed by atoms with Gasteiger partial charge in [0.05, 0.1) is 31.1 Å². The molecule has 7 nitrogen and oxygen atoms in total. The van der Waals surface area contributed by atoms with E-state index in [2.05, 4.69) is 9.97 Å². The minimum absolute atomic E-state index is 0.0541. The van der Waals surface area contributed by atoms with Crippen molar-refractivity contribution in [3.63, 3.8) is 0 Å². The fraction of sp³-hybridized carbons (Fsp3) is 0.421. The Morgan fingerprint density at radius 1 is 1.35 bits per heavy atom. The van der Waals surface area contributed by atoms with E-state index in [0.717, 1.165) is 5.56 Å². The minimum atomic E-state index is -0.555. The van der Waals surface area contributed by atoms with E-state index in [1.54, 1.807) is 42.3 Å². The van der Waals surface area contributed by atoms with Gasteiger partial charge in [-0.15, -0.1) is 0 Å². The summed E-state index contributed by atoms with van der Waals surface area (Å²) in [7, 11) is 1.59. The molecule has 1 aliphatic heterocycles. The van der Waals surface area contributed by atoms with Crippen molar-refractivity contribution in [2.24, 2.45) is 0 Å². The standard InChI is InChI=1S/C19H23N3O4/c1-12-10-22(19(2,3)11-26-12)17(23)16-9-15(20-18(24)21-16)13-5-7-14(25-4)8-6-13/h5-9,12H,10-11H2,1-4H3,(H,20,21,24). The summed E-state index contributed by atoms with van der Waals surface area (Å²) in [6.07, 6.45) is -0.0541. The topological polar surface area (TPSA) is 84.5 Å². The lowest BCUT2D eigenvalue weighted by molar-refractivity contribution is -0.0757. The average molecular weight is 357 g/mol. The molecular weight excluding hydrogens is 334 g/mol. The Morgan fingerprint density at radius 2 is 2.04 bits per heavy atom. The molecular formula is C19H23N3O4. The molecule has 0 radical (unpaired) electrons. The van der Waals surface area contributed by atoms with E-state index in [1.165, 1.54) is 0 Å². The number of nitrogens with one attached hydrogen (secondary N) is 1. The van der Waals surface area contributed by atoms with Crippen molar-refractivity contribution in [3.8, 4) is 17.0 Å². The van der Waals surface area contributed by atoms with Gasteiger partial charge < -0.3 is 19.4 Å². The third-order valence-electron chi connectivity index (χ3n) is 4.50. The number of benzene rings is 1. The Labute approximate surface area is 152 Å². The van der Waals surface area contributed by atoms with Gasteiger partial charge in [-0.05, 0) is 51.1 Å². The summed E-state index contributed by atoms with van der Waals surface area (Å²) in [4.78, 5) is 33.4. The molecule has 2 aromatic rings. The molecule has 0 saturated carbocycles. The summed E-state index contributed by atoms with van der Waals surface area (Å²) < 4.78 is 10.8. The molecule has 138 valence electrons. The van der Waals surface area contributed by atoms with Crippen molar-refractivity contribution in [2.75, 3.05) is 20.3 Å². The van der Waals surface area contributed by atoms with Crippen LogP contribution in [0, 0.1) is 0 Å². The third kappa shape index (κ3) is 3.62. The van der Waals surface area contributed by atoms with Crippen molar-refractivity contribution in [1.82, 2.24) is 14.9 Å². The van der Waals surface area contributed by atoms with Crippen molar-refractivity contribution < 1.29 is 14.3 Å². The van der Waals surface area contributed by atoms with Crippen molar-refractivity contribution in [2.45, 2.75) is 32.4 Å². The quantitative estimate of drug-likeness (QED) is 0.909. The molecule has 1 unspecified atom stereocenters. The van der Waals surface area contributed by atoms with Crippen LogP contribution in [0.3, 0.4) is 0 Å². The molecule has 1 N–H and O–H groups in total. The number of rotatable bonds is 3. The summed E-state index contributed by atoms with van der Waals surface area (Å²) in [5.74, 6) is 0.471. The largest absolute Gasteiger partial charge is 0.497 e. The molecule has 1 aromatic carbocycles. The van der Waals surface area contributed by atoms with E-state index in [-0.39, 0.29) is 17.7 Å². The van der Waals surface area contributed by atoms with E-state index in [9.17, 15) is 9.59 Å². The molecule has 1 aromatic heterocycles. The van der Waals surface area contributed by atoms with Crippen LogP contribution in [0.5, 0.6) is 5.75 Å². The first-order valence-corrected chi connectivity index (χ1v) is 8.49. The predicted octanol–water partition coefficient (Wildman–Crippen LogP) is 2.08. The summed E-state index contributed by atoms with van der Waals surface area (Å²) >= 11 is 0. The second kappa shape index (κ2) is 6.92. The number of hydrogen-bond acceptors (Lipinski definition) is 5. The van der Waals surface area contributed by atoms with Gasteiger partial charge in [-0.2, -0.15) is 4.98 Å². The number of methoxy groups -OCH3 is 1. The number of carbonyl (C=O) groups is 1. The molecule has 1 saturated heterocycles. The van der Waals surface area contributed by atoms with Crippen LogP contribution in [0.2, 0.25) is 0 Å². The van der Waals surface area contributed by atoms with Crippen molar-refractivity contribution >= 4 is 5.91 Å². The number of ether oxygens (including phenoxy) is 2. The lowest BCUT2D eigenvalue weighted by Gasteiger charge is -2.44. The molecule has 26 heavy (non-hydrogen) atoms. The summed E-state index contributed by atoms with van der Waals surface area (Å²) in [5, 5.41) is 0. The van der Waals surface area contributed by atoms with Crippen LogP contribution in [0.25, 0.3) is 11.3 Å². The Morgan fingerprint density at radius 3 is 2.69 bits per heavy atom. The monoisotopic (exact) mass is 357 g/mol. The van der Waals surface area contributed by atoms with Crippen molar-refractivity contribution in [3.05, 3.63) is 46.5 Å². The van der Waals surface area contributed by atoms with Crippen LogP contribution in [-0.2, 0) is 4.74 Å². The lowest BCUT2D eigenvalue weighted by Crippen LogP contribution is -2.58. The number of morpholine rings is 1. The van der Waals surface area contributed by atoms with Gasteiger partial charge in [0.15, 0.2) is 0 Å². The van der Waals surface area contributed by atoms with E-state index < -0.39 is 11.2 Å². The zero-order chi connectivity index (χ0) is 18.9. The van der Waals surface area contributed by atoms with E-state index >= 15 is 0 Å². The SMILES string of the molecule is COc1ccc(-c2cc(C(=O)N3CC(C)OCC3(C)C)[nH]c(=O)n2)cc1. The van der Waals surface area contributed by atoms with Gasteiger partial charge in [-0.25, -0.2) is 4.79 Å². The molecule has 0 aliphatic carbocycles. The predicted molar refractivity (Wildman–Crippen MR) is 97.4 cm³/mol. The summed E-state index contributed by atoms with van der Waals surface area (Å²) in [5.41, 5.74) is 0.391. The van der Waals surface area contributed by atoms with E-state index in [0.29, 0.717) is 24.6 Å². The van der Waals surface area contributed by atoms with Crippen LogP contribution < -0.4 is 10.4 Å². The van der Waals surface area contributed by atoms with Crippen LogP contribution >= 0.6 is 0 Å². The van der Waals surface area contributed by atoms with Crippen LogP contribution in [0.15, 0.2) is 35.1 Å². The highest BCUT2D eigenvalue weighted by Gasteiger charge is 2.37. The normalized spacial score (nSPS) is 19.2. The molecule has 1 fully saturated rings. The summed E-state index contributed by atoms with van der Waals surface area (Å²) in [6.45, 7) is 6.73. The first-order chi connectivity index (χ1) is 12.3. The second-order valence-corrected chi connectivity index (χ2v) is 7.06. The molecule has 1 aliphatic rings. The molecule has 1 amide bonds. The summed E-state index contributed by atoms with van der Waals surface area (Å²) in [6, 6.07) is 8.78. The number of aromatic nitrogens is 2. The Bertz CT molecular complexity index is 858. The maximum Gasteiger partial charge on any atom is 0.346 e. The van der Waals surface area contributed by atoms with E-state index in [4.69, 9.17) is 9.47 Å². The van der Waals surface area contributed by atoms with Gasteiger partial charge in [-0.3, -0.25) is 4.79 Å². The number of carbonyl (C=O) groups excluding carboxylic acids is 1. The maximum absolute atomic E-state index is 13.0. The number of aromatic amines is 1. The fourth-order valence-electron chi connectivity index (χ4n) is 2.97. The molecule has 0 spiro atoms. The zero-order valence-corrected chi connectivity index (χ0v) is 15.4. The Hall–Kier alpha value is -2.67. The minimum Gasteiger partial charge on any atom is -0.497 e. The van der Waals surface area contributed by atoms with Gasteiger partial charge in [-0.1, -0.05) is 0 Å². The highest BCUT2D eigenvalue weighted by molar-refractivity contribution is 5.93. The first-order valence-electron chi connectivity index (χ1n) is 8.49. The number of H-pyrrole nitrogens is 1. The number of nitrogens with zero attached hydrogens (tertiary/aromatic N) is 2. The van der Waals surface area contributed by atoms with E-state index in [1.807, 2.05) is 20.8 Å². The van der Waals surface area contributed by atoms with Gasteiger partial charge in [0.1, 0.15) is 11.4 Å². The lowest BCUT2D eigenvalue weighted by atomic mass is 10.00. The second-order valence-electron chi connectivity index (χ2n) is 7.06. The highest BCUT2D eigenvalue weighted by Crippen LogP contribution is 2.25. The highest BCUT2D eigenvalue weighted by atomic mass is 16.5. The number of amides is 1. The third-order valence-corrected chi connectivity index (χ3v) is 4.50. The molecule has 3 rings (SSSR count). The molecule has 7 heteroatoms. The van der Waals surface area contributed by atoms with Gasteiger partial charge in [0.2, 0.25) is 0 Å². The molecule has 0 bridgehead atoms. The fourth-order valence-corrected chi connectivity index (χ4v) is 2.97.